The molecular formula is C26H20N4. The first kappa shape index (κ1) is 18.0. The standard InChI is InChI=1S/C26H20N4/c1-17-7-9-20(10-8-17)22-15-23-25(27)28-16-29-26(23)30-24(22)21-13-11-19(12-14-21)18-5-3-2-4-6-18/h2-16H,1H3,(H2,27,28,29,30). The number of nitrogens with two attached hydrogens (primary N) is 1. The summed E-state index contributed by atoms with van der Waals surface area (Å²) in [6.45, 7) is 2.08. The molecule has 2 aromatic heterocycles. The van der Waals surface area contributed by atoms with Gasteiger partial charge in [0.1, 0.15) is 12.1 Å². The molecule has 2 N–H and O–H groups in total. The fourth-order valence-corrected chi connectivity index (χ4v) is 3.63. The number of rotatable bonds is 3. The van der Waals surface area contributed by atoms with Crippen molar-refractivity contribution in [3.63, 3.8) is 0 Å². The molecule has 0 radical (unpaired) electrons. The zero-order valence-electron chi connectivity index (χ0n) is 16.6. The van der Waals surface area contributed by atoms with Crippen LogP contribution in [0.1, 0.15) is 5.56 Å². The highest BCUT2D eigenvalue weighted by atomic mass is 15.0. The maximum atomic E-state index is 6.11. The summed E-state index contributed by atoms with van der Waals surface area (Å²) in [7, 11) is 0. The molecule has 5 rings (SSSR count). The molecule has 0 saturated carbocycles. The Morgan fingerprint density at radius 2 is 1.30 bits per heavy atom. The van der Waals surface area contributed by atoms with E-state index >= 15 is 0 Å². The summed E-state index contributed by atoms with van der Waals surface area (Å²) in [5.74, 6) is 0.437. The highest BCUT2D eigenvalue weighted by Gasteiger charge is 2.14. The minimum Gasteiger partial charge on any atom is -0.383 e. The van der Waals surface area contributed by atoms with Crippen molar-refractivity contribution in [3.05, 3.63) is 96.8 Å². The molecule has 0 saturated heterocycles. The third kappa shape index (κ3) is 3.29. The Labute approximate surface area is 175 Å². The minimum absolute atomic E-state index is 0.437. The second-order valence-electron chi connectivity index (χ2n) is 7.32. The SMILES string of the molecule is Cc1ccc(-c2cc3c(N)ncnc3nc2-c2ccc(-c3ccccc3)cc2)cc1. The van der Waals surface area contributed by atoms with E-state index in [0.29, 0.717) is 11.5 Å². The quantitative estimate of drug-likeness (QED) is 0.417. The topological polar surface area (TPSA) is 64.7 Å². The van der Waals surface area contributed by atoms with E-state index < -0.39 is 0 Å². The molecule has 5 aromatic rings. The van der Waals surface area contributed by atoms with Gasteiger partial charge in [-0.2, -0.15) is 0 Å². The largest absolute Gasteiger partial charge is 0.383 e. The summed E-state index contributed by atoms with van der Waals surface area (Å²) in [6.07, 6.45) is 1.46. The Morgan fingerprint density at radius 3 is 2.03 bits per heavy atom. The first-order valence-electron chi connectivity index (χ1n) is 9.83. The molecule has 0 spiro atoms. The van der Waals surface area contributed by atoms with Gasteiger partial charge >= 0.3 is 0 Å². The van der Waals surface area contributed by atoms with Crippen LogP contribution in [0.25, 0.3) is 44.5 Å². The molecular weight excluding hydrogens is 368 g/mol. The number of anilines is 1. The number of fused-ring (bicyclic) bond motifs is 1. The van der Waals surface area contributed by atoms with E-state index in [4.69, 9.17) is 10.7 Å². The number of nitrogen functional groups attached to an aromatic ring is 1. The Balaban J connectivity index is 1.69. The van der Waals surface area contributed by atoms with Crippen LogP contribution in [0.3, 0.4) is 0 Å². The lowest BCUT2D eigenvalue weighted by Gasteiger charge is -2.13. The molecule has 3 aromatic carbocycles. The number of pyridine rings is 1. The number of aromatic nitrogens is 3. The van der Waals surface area contributed by atoms with Gasteiger partial charge in [-0.05, 0) is 29.7 Å². The predicted molar refractivity (Wildman–Crippen MR) is 123 cm³/mol. The lowest BCUT2D eigenvalue weighted by atomic mass is 9.96. The van der Waals surface area contributed by atoms with Crippen molar-refractivity contribution in [2.75, 3.05) is 5.73 Å². The van der Waals surface area contributed by atoms with Gasteiger partial charge in [-0.15, -0.1) is 0 Å². The Hall–Kier alpha value is -4.05. The fraction of sp³-hybridized carbons (Fsp3) is 0.0385. The van der Waals surface area contributed by atoms with Crippen molar-refractivity contribution in [1.82, 2.24) is 15.0 Å². The first-order valence-corrected chi connectivity index (χ1v) is 9.83. The van der Waals surface area contributed by atoms with Crippen LogP contribution in [0.4, 0.5) is 5.82 Å². The highest BCUT2D eigenvalue weighted by Crippen LogP contribution is 2.35. The van der Waals surface area contributed by atoms with E-state index in [0.717, 1.165) is 27.8 Å². The first-order chi connectivity index (χ1) is 14.7. The van der Waals surface area contributed by atoms with Crippen molar-refractivity contribution in [2.45, 2.75) is 6.92 Å². The molecule has 144 valence electrons. The van der Waals surface area contributed by atoms with Gasteiger partial charge in [-0.25, -0.2) is 15.0 Å². The lowest BCUT2D eigenvalue weighted by molar-refractivity contribution is 1.19. The average molecular weight is 388 g/mol. The van der Waals surface area contributed by atoms with Gasteiger partial charge in [0.25, 0.3) is 0 Å². The number of hydrogen-bond acceptors (Lipinski definition) is 4. The molecule has 30 heavy (non-hydrogen) atoms. The third-order valence-corrected chi connectivity index (χ3v) is 5.28. The molecule has 2 heterocycles. The van der Waals surface area contributed by atoms with E-state index in [2.05, 4.69) is 77.6 Å². The van der Waals surface area contributed by atoms with Crippen LogP contribution >= 0.6 is 0 Å². The molecule has 0 aliphatic heterocycles. The normalized spacial score (nSPS) is 11.0. The minimum atomic E-state index is 0.437. The summed E-state index contributed by atoms with van der Waals surface area (Å²) < 4.78 is 0. The van der Waals surface area contributed by atoms with E-state index in [1.807, 2.05) is 24.3 Å². The molecule has 0 unspecified atom stereocenters. The molecule has 0 amide bonds. The van der Waals surface area contributed by atoms with Crippen LogP contribution < -0.4 is 5.73 Å². The smallest absolute Gasteiger partial charge is 0.165 e. The van der Waals surface area contributed by atoms with Crippen LogP contribution in [0.15, 0.2) is 91.3 Å². The van der Waals surface area contributed by atoms with Crippen LogP contribution in [0.2, 0.25) is 0 Å². The second-order valence-corrected chi connectivity index (χ2v) is 7.32. The maximum absolute atomic E-state index is 6.11. The summed E-state index contributed by atoms with van der Waals surface area (Å²) >= 11 is 0. The van der Waals surface area contributed by atoms with Crippen molar-refractivity contribution in [3.8, 4) is 33.5 Å². The number of nitrogens with zero attached hydrogens (tertiary/aromatic N) is 3. The predicted octanol–water partition coefficient (Wildman–Crippen LogP) is 5.92. The Kier molecular flexibility index (Phi) is 4.45. The summed E-state index contributed by atoms with van der Waals surface area (Å²) in [6, 6.07) is 29.3. The van der Waals surface area contributed by atoms with Crippen LogP contribution in [-0.2, 0) is 0 Å². The Morgan fingerprint density at radius 1 is 0.667 bits per heavy atom. The van der Waals surface area contributed by atoms with Crippen molar-refractivity contribution in [1.29, 1.82) is 0 Å². The molecule has 4 nitrogen and oxygen atoms in total. The van der Waals surface area contributed by atoms with Crippen molar-refractivity contribution in [2.24, 2.45) is 0 Å². The van der Waals surface area contributed by atoms with Crippen LogP contribution in [0, 0.1) is 6.92 Å². The lowest BCUT2D eigenvalue weighted by Crippen LogP contribution is -1.98. The van der Waals surface area contributed by atoms with E-state index in [9.17, 15) is 0 Å². The number of aryl methyl sites for hydroxylation is 1. The van der Waals surface area contributed by atoms with Gasteiger partial charge in [0.05, 0.1) is 11.1 Å². The van der Waals surface area contributed by atoms with Crippen LogP contribution in [-0.4, -0.2) is 15.0 Å². The van der Waals surface area contributed by atoms with E-state index in [1.165, 1.54) is 23.0 Å². The summed E-state index contributed by atoms with van der Waals surface area (Å²) in [5.41, 5.74) is 14.3. The fourth-order valence-electron chi connectivity index (χ4n) is 3.63. The molecule has 0 aliphatic rings. The van der Waals surface area contributed by atoms with Gasteiger partial charge in [-0.3, -0.25) is 0 Å². The van der Waals surface area contributed by atoms with Gasteiger partial charge in [0.15, 0.2) is 5.65 Å². The zero-order valence-corrected chi connectivity index (χ0v) is 16.6. The van der Waals surface area contributed by atoms with E-state index in [1.54, 1.807) is 0 Å². The molecule has 0 bridgehead atoms. The van der Waals surface area contributed by atoms with Gasteiger partial charge < -0.3 is 5.73 Å². The van der Waals surface area contributed by atoms with Crippen LogP contribution in [0.5, 0.6) is 0 Å². The molecule has 4 heteroatoms. The third-order valence-electron chi connectivity index (χ3n) is 5.28. The number of hydrogen-bond donors (Lipinski definition) is 1. The zero-order chi connectivity index (χ0) is 20.5. The number of benzene rings is 3. The summed E-state index contributed by atoms with van der Waals surface area (Å²) in [4.78, 5) is 13.3. The Bertz CT molecular complexity index is 1330. The molecule has 0 aliphatic carbocycles. The molecule has 0 fully saturated rings. The maximum Gasteiger partial charge on any atom is 0.165 e. The molecule has 0 atom stereocenters. The summed E-state index contributed by atoms with van der Waals surface area (Å²) in [5, 5.41) is 0.762. The van der Waals surface area contributed by atoms with E-state index in [-0.39, 0.29) is 0 Å². The van der Waals surface area contributed by atoms with Gasteiger partial charge in [-0.1, -0.05) is 84.4 Å². The monoisotopic (exact) mass is 388 g/mol. The average Bonchev–Trinajstić information content (AvgIpc) is 2.80. The highest BCUT2D eigenvalue weighted by molar-refractivity contribution is 5.94. The van der Waals surface area contributed by atoms with Crippen molar-refractivity contribution < 1.29 is 0 Å². The van der Waals surface area contributed by atoms with Gasteiger partial charge in [0.2, 0.25) is 0 Å². The van der Waals surface area contributed by atoms with Crippen molar-refractivity contribution >= 4 is 16.9 Å². The van der Waals surface area contributed by atoms with Gasteiger partial charge in [0, 0.05) is 11.1 Å². The second kappa shape index (κ2) is 7.41.